The zero-order valence-corrected chi connectivity index (χ0v) is 12.3. The van der Waals surface area contributed by atoms with Gasteiger partial charge in [-0.3, -0.25) is 0 Å². The van der Waals surface area contributed by atoms with Gasteiger partial charge >= 0.3 is 0 Å². The molecule has 0 aliphatic heterocycles. The summed E-state index contributed by atoms with van der Waals surface area (Å²) in [7, 11) is 0. The van der Waals surface area contributed by atoms with E-state index in [-0.39, 0.29) is 0 Å². The summed E-state index contributed by atoms with van der Waals surface area (Å²) in [5, 5.41) is 5.05. The lowest BCUT2D eigenvalue weighted by atomic mass is 9.90. The van der Waals surface area contributed by atoms with Crippen LogP contribution >= 0.6 is 0 Å². The van der Waals surface area contributed by atoms with Crippen LogP contribution in [0.4, 0.5) is 0 Å². The van der Waals surface area contributed by atoms with Crippen LogP contribution in [-0.4, -0.2) is 0 Å². The van der Waals surface area contributed by atoms with E-state index in [1.807, 2.05) is 0 Å². The van der Waals surface area contributed by atoms with Crippen molar-refractivity contribution in [3.63, 3.8) is 0 Å². The minimum absolute atomic E-state index is 0.545. The van der Waals surface area contributed by atoms with Crippen molar-refractivity contribution in [3.8, 4) is 11.1 Å². The molecule has 2 N–H and O–H groups in total. The molecule has 0 atom stereocenters. The Labute approximate surface area is 130 Å². The molecule has 0 bridgehead atoms. The molecule has 0 heterocycles. The lowest BCUT2D eigenvalue weighted by Crippen LogP contribution is -2.00. The van der Waals surface area contributed by atoms with Crippen LogP contribution in [0.1, 0.15) is 5.56 Å². The Bertz CT molecular complexity index is 964. The third-order valence-electron chi connectivity index (χ3n) is 4.29. The molecule has 0 amide bonds. The fourth-order valence-corrected chi connectivity index (χ4v) is 3.25. The topological polar surface area (TPSA) is 26.0 Å². The van der Waals surface area contributed by atoms with Crippen LogP contribution in [0.2, 0.25) is 0 Å². The van der Waals surface area contributed by atoms with Crippen molar-refractivity contribution in [2.24, 2.45) is 5.73 Å². The number of hydrogen-bond acceptors (Lipinski definition) is 1. The summed E-state index contributed by atoms with van der Waals surface area (Å²) in [6, 6.07) is 27.8. The van der Waals surface area contributed by atoms with E-state index in [2.05, 4.69) is 78.9 Å². The summed E-state index contributed by atoms with van der Waals surface area (Å²) in [6.45, 7) is 0.545. The maximum atomic E-state index is 6.02. The average molecular weight is 283 g/mol. The van der Waals surface area contributed by atoms with Gasteiger partial charge in [0.1, 0.15) is 0 Å². The van der Waals surface area contributed by atoms with Gasteiger partial charge in [0.25, 0.3) is 0 Å². The van der Waals surface area contributed by atoms with Gasteiger partial charge in [0.2, 0.25) is 0 Å². The first kappa shape index (κ1) is 13.1. The molecule has 4 aromatic rings. The van der Waals surface area contributed by atoms with Crippen LogP contribution in [0.5, 0.6) is 0 Å². The summed E-state index contributed by atoms with van der Waals surface area (Å²) in [4.78, 5) is 0. The predicted octanol–water partition coefficient (Wildman–Crippen LogP) is 5.12. The Morgan fingerprint density at radius 2 is 1.23 bits per heavy atom. The maximum absolute atomic E-state index is 6.02. The largest absolute Gasteiger partial charge is 0.326 e. The Hall–Kier alpha value is -2.64. The monoisotopic (exact) mass is 283 g/mol. The van der Waals surface area contributed by atoms with Crippen LogP contribution in [-0.2, 0) is 6.54 Å². The van der Waals surface area contributed by atoms with Crippen LogP contribution in [0.3, 0.4) is 0 Å². The van der Waals surface area contributed by atoms with E-state index >= 15 is 0 Å². The molecule has 22 heavy (non-hydrogen) atoms. The van der Waals surface area contributed by atoms with E-state index in [0.29, 0.717) is 6.54 Å². The van der Waals surface area contributed by atoms with E-state index in [4.69, 9.17) is 5.73 Å². The lowest BCUT2D eigenvalue weighted by molar-refractivity contribution is 1.08. The summed E-state index contributed by atoms with van der Waals surface area (Å²) in [5.41, 5.74) is 9.73. The second kappa shape index (κ2) is 5.28. The second-order valence-electron chi connectivity index (χ2n) is 5.55. The van der Waals surface area contributed by atoms with Crippen molar-refractivity contribution in [1.82, 2.24) is 0 Å². The zero-order chi connectivity index (χ0) is 14.9. The number of hydrogen-bond donors (Lipinski definition) is 1. The number of nitrogens with two attached hydrogens (primary N) is 1. The quantitative estimate of drug-likeness (QED) is 0.543. The summed E-state index contributed by atoms with van der Waals surface area (Å²) < 4.78 is 0. The molecule has 1 nitrogen and oxygen atoms in total. The first-order chi connectivity index (χ1) is 10.9. The van der Waals surface area contributed by atoms with Crippen molar-refractivity contribution >= 4 is 21.5 Å². The molecule has 0 spiro atoms. The molecule has 0 saturated heterocycles. The molecular formula is C21H17N. The zero-order valence-electron chi connectivity index (χ0n) is 12.3. The fraction of sp³-hybridized carbons (Fsp3) is 0.0476. The standard InChI is InChI=1S/C21H17N/c22-14-17-13-12-16-7-2-4-10-19(16)21(17)20-11-5-8-15-6-1-3-9-18(15)20/h1-13H,14,22H2. The van der Waals surface area contributed by atoms with E-state index in [0.717, 1.165) is 0 Å². The molecule has 1 heteroatoms. The van der Waals surface area contributed by atoms with E-state index in [1.54, 1.807) is 0 Å². The third-order valence-corrected chi connectivity index (χ3v) is 4.29. The van der Waals surface area contributed by atoms with Gasteiger partial charge in [-0.2, -0.15) is 0 Å². The Kier molecular flexibility index (Phi) is 3.14. The predicted molar refractivity (Wildman–Crippen MR) is 94.8 cm³/mol. The third kappa shape index (κ3) is 1.99. The highest BCUT2D eigenvalue weighted by Gasteiger charge is 2.11. The molecule has 0 fully saturated rings. The number of benzene rings is 4. The minimum atomic E-state index is 0.545. The summed E-state index contributed by atoms with van der Waals surface area (Å²) in [5.74, 6) is 0. The molecule has 0 radical (unpaired) electrons. The Balaban J connectivity index is 2.16. The molecule has 106 valence electrons. The Morgan fingerprint density at radius 3 is 2.00 bits per heavy atom. The van der Waals surface area contributed by atoms with E-state index in [1.165, 1.54) is 38.2 Å². The van der Waals surface area contributed by atoms with Gasteiger partial charge < -0.3 is 5.73 Å². The van der Waals surface area contributed by atoms with Crippen LogP contribution in [0, 0.1) is 0 Å². The highest BCUT2D eigenvalue weighted by Crippen LogP contribution is 2.36. The molecule has 0 aliphatic carbocycles. The van der Waals surface area contributed by atoms with Gasteiger partial charge in [-0.15, -0.1) is 0 Å². The number of fused-ring (bicyclic) bond motifs is 2. The van der Waals surface area contributed by atoms with Crippen molar-refractivity contribution in [1.29, 1.82) is 0 Å². The second-order valence-corrected chi connectivity index (χ2v) is 5.55. The van der Waals surface area contributed by atoms with Crippen molar-refractivity contribution in [2.45, 2.75) is 6.54 Å². The van der Waals surface area contributed by atoms with Crippen molar-refractivity contribution < 1.29 is 0 Å². The summed E-state index contributed by atoms with van der Waals surface area (Å²) in [6.07, 6.45) is 0. The highest BCUT2D eigenvalue weighted by atomic mass is 14.5. The van der Waals surface area contributed by atoms with Gasteiger partial charge in [-0.1, -0.05) is 78.9 Å². The maximum Gasteiger partial charge on any atom is 0.0184 e. The number of rotatable bonds is 2. The van der Waals surface area contributed by atoms with E-state index < -0.39 is 0 Å². The SMILES string of the molecule is NCc1ccc2ccccc2c1-c1cccc2ccccc12. The van der Waals surface area contributed by atoms with Gasteiger partial charge in [0.05, 0.1) is 0 Å². The molecule has 4 aromatic carbocycles. The lowest BCUT2D eigenvalue weighted by Gasteiger charge is -2.14. The first-order valence-corrected chi connectivity index (χ1v) is 7.57. The molecule has 0 unspecified atom stereocenters. The van der Waals surface area contributed by atoms with Crippen LogP contribution in [0.15, 0.2) is 78.9 Å². The normalized spacial score (nSPS) is 11.1. The van der Waals surface area contributed by atoms with Gasteiger partial charge in [-0.05, 0) is 38.2 Å². The van der Waals surface area contributed by atoms with Gasteiger partial charge in [0, 0.05) is 6.54 Å². The molecule has 4 rings (SSSR count). The van der Waals surface area contributed by atoms with Crippen molar-refractivity contribution in [3.05, 3.63) is 84.4 Å². The Morgan fingerprint density at radius 1 is 0.591 bits per heavy atom. The van der Waals surface area contributed by atoms with E-state index in [9.17, 15) is 0 Å². The van der Waals surface area contributed by atoms with Gasteiger partial charge in [0.15, 0.2) is 0 Å². The minimum Gasteiger partial charge on any atom is -0.326 e. The molecule has 0 aliphatic rings. The fourth-order valence-electron chi connectivity index (χ4n) is 3.25. The van der Waals surface area contributed by atoms with Gasteiger partial charge in [-0.25, -0.2) is 0 Å². The first-order valence-electron chi connectivity index (χ1n) is 7.57. The molecule has 0 saturated carbocycles. The highest BCUT2D eigenvalue weighted by molar-refractivity contribution is 6.06. The smallest absolute Gasteiger partial charge is 0.0184 e. The average Bonchev–Trinajstić information content (AvgIpc) is 2.60. The van der Waals surface area contributed by atoms with Crippen LogP contribution < -0.4 is 5.73 Å². The van der Waals surface area contributed by atoms with Crippen molar-refractivity contribution in [2.75, 3.05) is 0 Å². The summed E-state index contributed by atoms with van der Waals surface area (Å²) >= 11 is 0. The van der Waals surface area contributed by atoms with Crippen LogP contribution in [0.25, 0.3) is 32.7 Å². The molecular weight excluding hydrogens is 266 g/mol. The molecule has 0 aromatic heterocycles.